The van der Waals surface area contributed by atoms with Crippen molar-refractivity contribution in [3.63, 3.8) is 0 Å². The summed E-state index contributed by atoms with van der Waals surface area (Å²) in [6.07, 6.45) is 80.0. The summed E-state index contributed by atoms with van der Waals surface area (Å²) in [5.41, 5.74) is 0. The first kappa shape index (κ1) is 72.4. The van der Waals surface area contributed by atoms with Crippen molar-refractivity contribution in [3.05, 3.63) is 48.6 Å². The van der Waals surface area contributed by atoms with Crippen molar-refractivity contribution in [2.75, 3.05) is 13.2 Å². The minimum atomic E-state index is -0.782. The smallest absolute Gasteiger partial charge is 0.306 e. The van der Waals surface area contributed by atoms with Gasteiger partial charge in [0.1, 0.15) is 13.2 Å². The van der Waals surface area contributed by atoms with Gasteiger partial charge in [-0.1, -0.05) is 288 Å². The Morgan fingerprint density at radius 1 is 0.267 bits per heavy atom. The molecule has 0 N–H and O–H groups in total. The predicted molar refractivity (Wildman–Crippen MR) is 325 cm³/mol. The van der Waals surface area contributed by atoms with Gasteiger partial charge < -0.3 is 14.2 Å². The number of hydrogen-bond donors (Lipinski definition) is 0. The fraction of sp³-hybridized carbons (Fsp3) is 0.841. The molecule has 1 atom stereocenters. The summed E-state index contributed by atoms with van der Waals surface area (Å²) in [7, 11) is 0. The first-order valence-corrected chi connectivity index (χ1v) is 33.1. The Morgan fingerprint density at radius 2 is 0.507 bits per heavy atom. The number of rotatable bonds is 61. The molecule has 0 fully saturated rings. The number of esters is 3. The Hall–Kier alpha value is -2.63. The largest absolute Gasteiger partial charge is 0.462 e. The van der Waals surface area contributed by atoms with Gasteiger partial charge in [0.2, 0.25) is 0 Å². The molecule has 0 aliphatic heterocycles. The van der Waals surface area contributed by atoms with E-state index in [0.717, 1.165) is 96.3 Å². The van der Waals surface area contributed by atoms with Crippen molar-refractivity contribution < 1.29 is 28.6 Å². The Kier molecular flexibility index (Phi) is 61.7. The standard InChI is InChI=1S/C69H126O6/c1-4-7-10-13-16-19-22-25-27-28-29-30-31-32-33-34-35-36-37-38-39-40-42-44-47-50-53-56-59-62-68(71)74-65-66(64-73-67(70)61-58-55-52-49-46-43-24-21-18-15-12-9-6-3)75-69(72)63-60-57-54-51-48-45-41-26-23-20-17-14-11-8-5-2/h12,15,21,24,26,28-29,41,66H,4-11,13-14,16-20,22-23,25,27,30-40,42-65H2,1-3H3/b15-12-,24-21-,29-28-,41-26-. The third-order valence-corrected chi connectivity index (χ3v) is 14.8. The highest BCUT2D eigenvalue weighted by Gasteiger charge is 2.19. The molecular weight excluding hydrogens is 925 g/mol. The van der Waals surface area contributed by atoms with Crippen LogP contribution in [0.4, 0.5) is 0 Å². The van der Waals surface area contributed by atoms with Gasteiger partial charge in [0.25, 0.3) is 0 Å². The van der Waals surface area contributed by atoms with Crippen LogP contribution < -0.4 is 0 Å². The third-order valence-electron chi connectivity index (χ3n) is 14.8. The van der Waals surface area contributed by atoms with E-state index in [2.05, 4.69) is 69.4 Å². The molecule has 0 heterocycles. The molecule has 75 heavy (non-hydrogen) atoms. The topological polar surface area (TPSA) is 78.9 Å². The highest BCUT2D eigenvalue weighted by molar-refractivity contribution is 5.71. The molecular formula is C69H126O6. The lowest BCUT2D eigenvalue weighted by Gasteiger charge is -2.18. The summed E-state index contributed by atoms with van der Waals surface area (Å²) in [6, 6.07) is 0. The number of allylic oxidation sites excluding steroid dienone is 8. The summed E-state index contributed by atoms with van der Waals surface area (Å²) < 4.78 is 16.9. The Morgan fingerprint density at radius 3 is 0.800 bits per heavy atom. The lowest BCUT2D eigenvalue weighted by atomic mass is 10.0. The monoisotopic (exact) mass is 1050 g/mol. The molecule has 0 bridgehead atoms. The van der Waals surface area contributed by atoms with E-state index in [1.807, 2.05) is 0 Å². The van der Waals surface area contributed by atoms with Crippen LogP contribution >= 0.6 is 0 Å². The van der Waals surface area contributed by atoms with Crippen molar-refractivity contribution in [1.29, 1.82) is 0 Å². The molecule has 0 aromatic heterocycles. The normalized spacial score (nSPS) is 12.3. The van der Waals surface area contributed by atoms with E-state index in [1.165, 1.54) is 218 Å². The van der Waals surface area contributed by atoms with Gasteiger partial charge in [0.05, 0.1) is 0 Å². The molecule has 0 amide bonds. The van der Waals surface area contributed by atoms with Gasteiger partial charge >= 0.3 is 17.9 Å². The zero-order valence-electron chi connectivity index (χ0n) is 50.3. The maximum Gasteiger partial charge on any atom is 0.306 e. The second-order valence-corrected chi connectivity index (χ2v) is 22.4. The van der Waals surface area contributed by atoms with E-state index in [4.69, 9.17) is 14.2 Å². The van der Waals surface area contributed by atoms with Crippen LogP contribution in [0.2, 0.25) is 0 Å². The van der Waals surface area contributed by atoms with Gasteiger partial charge in [0, 0.05) is 19.3 Å². The summed E-state index contributed by atoms with van der Waals surface area (Å²) in [6.45, 7) is 6.60. The first-order valence-electron chi connectivity index (χ1n) is 33.1. The van der Waals surface area contributed by atoms with E-state index in [-0.39, 0.29) is 31.1 Å². The zero-order valence-corrected chi connectivity index (χ0v) is 50.3. The highest BCUT2D eigenvalue weighted by Crippen LogP contribution is 2.17. The van der Waals surface area contributed by atoms with Crippen LogP contribution in [0.5, 0.6) is 0 Å². The van der Waals surface area contributed by atoms with Gasteiger partial charge in [-0.2, -0.15) is 0 Å². The minimum absolute atomic E-state index is 0.0779. The molecule has 438 valence electrons. The number of carbonyl (C=O) groups excluding carboxylic acids is 3. The molecule has 0 rings (SSSR count). The second-order valence-electron chi connectivity index (χ2n) is 22.4. The predicted octanol–water partition coefficient (Wildman–Crippen LogP) is 22.6. The van der Waals surface area contributed by atoms with Crippen molar-refractivity contribution in [2.45, 2.75) is 361 Å². The zero-order chi connectivity index (χ0) is 54.3. The maximum atomic E-state index is 12.9. The van der Waals surface area contributed by atoms with Gasteiger partial charge in [-0.05, 0) is 96.3 Å². The fourth-order valence-corrected chi connectivity index (χ4v) is 9.77. The quantitative estimate of drug-likeness (QED) is 0.0261. The van der Waals surface area contributed by atoms with E-state index in [1.54, 1.807) is 0 Å². The lowest BCUT2D eigenvalue weighted by Crippen LogP contribution is -2.30. The van der Waals surface area contributed by atoms with Crippen LogP contribution in [0.1, 0.15) is 355 Å². The molecule has 0 aliphatic rings. The molecule has 1 unspecified atom stereocenters. The molecule has 0 saturated carbocycles. The summed E-state index contributed by atoms with van der Waals surface area (Å²) in [5.74, 6) is -0.883. The first-order chi connectivity index (χ1) is 37.0. The van der Waals surface area contributed by atoms with Crippen LogP contribution in [0.15, 0.2) is 48.6 Å². The average Bonchev–Trinajstić information content (AvgIpc) is 3.41. The summed E-state index contributed by atoms with van der Waals surface area (Å²) >= 11 is 0. The molecule has 0 aromatic rings. The van der Waals surface area contributed by atoms with E-state index in [9.17, 15) is 14.4 Å². The number of carbonyl (C=O) groups is 3. The van der Waals surface area contributed by atoms with Gasteiger partial charge in [0.15, 0.2) is 6.10 Å². The van der Waals surface area contributed by atoms with E-state index >= 15 is 0 Å². The average molecular weight is 1050 g/mol. The van der Waals surface area contributed by atoms with Gasteiger partial charge in [-0.25, -0.2) is 0 Å². The molecule has 0 radical (unpaired) electrons. The highest BCUT2D eigenvalue weighted by atomic mass is 16.6. The minimum Gasteiger partial charge on any atom is -0.462 e. The van der Waals surface area contributed by atoms with Crippen molar-refractivity contribution in [3.8, 4) is 0 Å². The van der Waals surface area contributed by atoms with Gasteiger partial charge in [-0.15, -0.1) is 0 Å². The number of unbranched alkanes of at least 4 members (excludes halogenated alkanes) is 42. The SMILES string of the molecule is CCC/C=C\C/C=C\CCCCCCCC(=O)OCC(COC(=O)CCCCCCCCCCCCCCCCCCC/C=C\CCCCCCCCCC)OC(=O)CCCCCCC/C=C\CCCCCCCC. The number of hydrogen-bond acceptors (Lipinski definition) is 6. The van der Waals surface area contributed by atoms with Crippen molar-refractivity contribution in [1.82, 2.24) is 0 Å². The molecule has 0 spiro atoms. The van der Waals surface area contributed by atoms with Crippen LogP contribution in [0.3, 0.4) is 0 Å². The molecule has 0 aliphatic carbocycles. The Balaban J connectivity index is 4.17. The molecule has 0 saturated heterocycles. The molecule has 0 aromatic carbocycles. The maximum absolute atomic E-state index is 12.9. The van der Waals surface area contributed by atoms with Crippen LogP contribution in [0.25, 0.3) is 0 Å². The van der Waals surface area contributed by atoms with Gasteiger partial charge in [-0.3, -0.25) is 14.4 Å². The fourth-order valence-electron chi connectivity index (χ4n) is 9.77. The third kappa shape index (κ3) is 62.1. The molecule has 6 heteroatoms. The van der Waals surface area contributed by atoms with E-state index in [0.29, 0.717) is 19.3 Å². The Bertz CT molecular complexity index is 1300. The molecule has 6 nitrogen and oxygen atoms in total. The van der Waals surface area contributed by atoms with Crippen LogP contribution in [-0.2, 0) is 28.6 Å². The lowest BCUT2D eigenvalue weighted by molar-refractivity contribution is -0.167. The summed E-state index contributed by atoms with van der Waals surface area (Å²) in [4.78, 5) is 38.3. The van der Waals surface area contributed by atoms with Crippen molar-refractivity contribution >= 4 is 17.9 Å². The van der Waals surface area contributed by atoms with Crippen LogP contribution in [0, 0.1) is 0 Å². The Labute approximate surface area is 467 Å². The number of ether oxygens (including phenoxy) is 3. The van der Waals surface area contributed by atoms with Crippen LogP contribution in [-0.4, -0.2) is 37.2 Å². The second kappa shape index (κ2) is 63.9. The van der Waals surface area contributed by atoms with Crippen molar-refractivity contribution in [2.24, 2.45) is 0 Å². The van der Waals surface area contributed by atoms with E-state index < -0.39 is 6.10 Å². The summed E-state index contributed by atoms with van der Waals surface area (Å²) in [5, 5.41) is 0.